The fourth-order valence-electron chi connectivity index (χ4n) is 3.75. The van der Waals surface area contributed by atoms with Gasteiger partial charge in [0.1, 0.15) is 5.82 Å². The van der Waals surface area contributed by atoms with E-state index in [0.717, 1.165) is 43.2 Å². The van der Waals surface area contributed by atoms with E-state index in [9.17, 15) is 9.18 Å². The molecule has 1 atom stereocenters. The van der Waals surface area contributed by atoms with Gasteiger partial charge in [0.15, 0.2) is 17.5 Å². The Morgan fingerprint density at radius 1 is 1.18 bits per heavy atom. The maximum atomic E-state index is 14.0. The number of carbonyl (C=O) groups is 1. The average molecular weight is 386 g/mol. The predicted octanol–water partition coefficient (Wildman–Crippen LogP) is 0.964. The number of halogens is 1. The minimum absolute atomic E-state index is 0.0204. The van der Waals surface area contributed by atoms with Crippen molar-refractivity contribution in [3.63, 3.8) is 0 Å². The molecule has 1 saturated heterocycles. The van der Waals surface area contributed by atoms with Crippen LogP contribution in [0.3, 0.4) is 0 Å². The molecule has 4 rings (SSSR count). The Morgan fingerprint density at radius 3 is 2.71 bits per heavy atom. The van der Waals surface area contributed by atoms with Crippen LogP contribution in [0.15, 0.2) is 42.5 Å². The minimum atomic E-state index is -0.194. The second-order valence-corrected chi connectivity index (χ2v) is 7.22. The summed E-state index contributed by atoms with van der Waals surface area (Å²) in [4.78, 5) is 15.9. The van der Waals surface area contributed by atoms with Gasteiger partial charge >= 0.3 is 0 Å². The number of fused-ring (bicyclic) bond motifs is 1. The molecule has 2 aliphatic rings. The highest BCUT2D eigenvalue weighted by Crippen LogP contribution is 2.32. The third kappa shape index (κ3) is 3.89. The topological polar surface area (TPSA) is 55.2 Å². The third-order valence-corrected chi connectivity index (χ3v) is 5.51. The number of hydrogen-bond acceptors (Lipinski definition) is 4. The van der Waals surface area contributed by atoms with Gasteiger partial charge in [-0.2, -0.15) is 0 Å². The monoisotopic (exact) mass is 386 g/mol. The zero-order valence-corrected chi connectivity index (χ0v) is 15.9. The number of hydrogen-bond donors (Lipinski definition) is 2. The molecule has 148 valence electrons. The number of anilines is 1. The zero-order valence-electron chi connectivity index (χ0n) is 15.9. The summed E-state index contributed by atoms with van der Waals surface area (Å²) in [6.07, 6.45) is 0. The van der Waals surface area contributed by atoms with Crippen molar-refractivity contribution in [3.8, 4) is 11.5 Å². The van der Waals surface area contributed by atoms with E-state index in [-0.39, 0.29) is 24.6 Å². The van der Waals surface area contributed by atoms with Crippen molar-refractivity contribution < 1.29 is 23.6 Å². The van der Waals surface area contributed by atoms with Gasteiger partial charge in [0.2, 0.25) is 6.79 Å². The highest BCUT2D eigenvalue weighted by molar-refractivity contribution is 5.79. The molecule has 2 heterocycles. The van der Waals surface area contributed by atoms with Crippen LogP contribution in [0.4, 0.5) is 10.1 Å². The molecule has 1 fully saturated rings. The SMILES string of the molecule is C[C@@H](C(=O)NCc1ccc2c(c1)OCO2)[NH+]1CCN(c2ccccc2F)CC1. The number of quaternary nitrogens is 1. The van der Waals surface area contributed by atoms with E-state index in [1.54, 1.807) is 6.07 Å². The summed E-state index contributed by atoms with van der Waals surface area (Å²) in [5.74, 6) is 1.28. The molecule has 0 bridgehead atoms. The smallest absolute Gasteiger partial charge is 0.278 e. The minimum Gasteiger partial charge on any atom is -0.454 e. The zero-order chi connectivity index (χ0) is 19.5. The van der Waals surface area contributed by atoms with Gasteiger partial charge in [0.05, 0.1) is 31.9 Å². The number of rotatable bonds is 5. The summed E-state index contributed by atoms with van der Waals surface area (Å²) in [5.41, 5.74) is 1.62. The molecular formula is C21H25FN3O3+. The average Bonchev–Trinajstić information content (AvgIpc) is 3.20. The van der Waals surface area contributed by atoms with Crippen LogP contribution in [0, 0.1) is 5.82 Å². The number of nitrogens with zero attached hydrogens (tertiary/aromatic N) is 1. The van der Waals surface area contributed by atoms with Crippen molar-refractivity contribution in [2.75, 3.05) is 37.9 Å². The molecule has 7 heteroatoms. The Bertz CT molecular complexity index is 853. The van der Waals surface area contributed by atoms with E-state index in [2.05, 4.69) is 10.2 Å². The van der Waals surface area contributed by atoms with Crippen LogP contribution < -0.4 is 24.6 Å². The quantitative estimate of drug-likeness (QED) is 0.804. The summed E-state index contributed by atoms with van der Waals surface area (Å²) in [6.45, 7) is 5.70. The second kappa shape index (κ2) is 8.06. The van der Waals surface area contributed by atoms with Crippen LogP contribution >= 0.6 is 0 Å². The van der Waals surface area contributed by atoms with Gasteiger partial charge < -0.3 is 24.6 Å². The first kappa shape index (κ1) is 18.6. The van der Waals surface area contributed by atoms with E-state index in [1.807, 2.05) is 37.3 Å². The summed E-state index contributed by atoms with van der Waals surface area (Å²) >= 11 is 0. The van der Waals surface area contributed by atoms with Gasteiger partial charge in [-0.15, -0.1) is 0 Å². The maximum absolute atomic E-state index is 14.0. The summed E-state index contributed by atoms with van der Waals surface area (Å²) in [5, 5.41) is 3.01. The molecule has 2 aromatic rings. The first-order chi connectivity index (χ1) is 13.6. The van der Waals surface area contributed by atoms with Gasteiger partial charge in [-0.05, 0) is 36.8 Å². The van der Waals surface area contributed by atoms with Gasteiger partial charge in [0.25, 0.3) is 5.91 Å². The fraction of sp³-hybridized carbons (Fsp3) is 0.381. The Morgan fingerprint density at radius 2 is 1.93 bits per heavy atom. The van der Waals surface area contributed by atoms with Crippen molar-refractivity contribution in [3.05, 3.63) is 53.8 Å². The van der Waals surface area contributed by atoms with E-state index < -0.39 is 0 Å². The molecule has 0 radical (unpaired) electrons. The van der Waals surface area contributed by atoms with Crippen LogP contribution in [0.5, 0.6) is 11.5 Å². The predicted molar refractivity (Wildman–Crippen MR) is 103 cm³/mol. The number of nitrogens with one attached hydrogen (secondary N) is 2. The Balaban J connectivity index is 1.28. The molecule has 0 saturated carbocycles. The summed E-state index contributed by atoms with van der Waals surface area (Å²) < 4.78 is 24.7. The van der Waals surface area contributed by atoms with Crippen molar-refractivity contribution in [2.45, 2.75) is 19.5 Å². The van der Waals surface area contributed by atoms with Crippen molar-refractivity contribution in [2.24, 2.45) is 0 Å². The Hall–Kier alpha value is -2.80. The van der Waals surface area contributed by atoms with E-state index in [4.69, 9.17) is 9.47 Å². The van der Waals surface area contributed by atoms with Gasteiger partial charge in [-0.25, -0.2) is 4.39 Å². The van der Waals surface area contributed by atoms with Gasteiger partial charge in [0, 0.05) is 6.54 Å². The summed E-state index contributed by atoms with van der Waals surface area (Å²) in [6, 6.07) is 12.4. The third-order valence-electron chi connectivity index (χ3n) is 5.51. The first-order valence-electron chi connectivity index (χ1n) is 9.62. The Kier molecular flexibility index (Phi) is 5.34. The molecule has 1 amide bonds. The maximum Gasteiger partial charge on any atom is 0.278 e. The highest BCUT2D eigenvalue weighted by atomic mass is 19.1. The molecule has 2 aromatic carbocycles. The second-order valence-electron chi connectivity index (χ2n) is 7.22. The molecule has 0 spiro atoms. The number of benzene rings is 2. The number of amides is 1. The van der Waals surface area contributed by atoms with E-state index in [0.29, 0.717) is 12.2 Å². The molecule has 6 nitrogen and oxygen atoms in total. The van der Waals surface area contributed by atoms with E-state index >= 15 is 0 Å². The van der Waals surface area contributed by atoms with Crippen LogP contribution in [0.25, 0.3) is 0 Å². The molecule has 0 unspecified atom stereocenters. The Labute approximate surface area is 163 Å². The molecular weight excluding hydrogens is 361 g/mol. The first-order valence-corrected chi connectivity index (χ1v) is 9.62. The van der Waals surface area contributed by atoms with Crippen molar-refractivity contribution >= 4 is 11.6 Å². The number of para-hydroxylation sites is 1. The molecule has 0 aliphatic carbocycles. The van der Waals surface area contributed by atoms with E-state index in [1.165, 1.54) is 11.0 Å². The lowest BCUT2D eigenvalue weighted by molar-refractivity contribution is -0.914. The molecule has 28 heavy (non-hydrogen) atoms. The normalized spacial score (nSPS) is 17.4. The lowest BCUT2D eigenvalue weighted by Crippen LogP contribution is -3.19. The van der Waals surface area contributed by atoms with Crippen LogP contribution in [-0.2, 0) is 11.3 Å². The fourth-order valence-corrected chi connectivity index (χ4v) is 3.75. The van der Waals surface area contributed by atoms with Crippen LogP contribution in [0.2, 0.25) is 0 Å². The van der Waals surface area contributed by atoms with Gasteiger partial charge in [-0.3, -0.25) is 4.79 Å². The standard InChI is InChI=1S/C21H24FN3O3/c1-15(21(26)23-13-16-6-7-19-20(12-16)28-14-27-19)24-8-10-25(11-9-24)18-5-3-2-4-17(18)22/h2-7,12,15H,8-11,13-14H2,1H3,(H,23,26)/p+1/t15-/m0/s1. The van der Waals surface area contributed by atoms with Crippen molar-refractivity contribution in [1.29, 1.82) is 0 Å². The number of ether oxygens (including phenoxy) is 2. The lowest BCUT2D eigenvalue weighted by atomic mass is 10.1. The number of piperazine rings is 1. The summed E-state index contributed by atoms with van der Waals surface area (Å²) in [7, 11) is 0. The van der Waals surface area contributed by atoms with Crippen molar-refractivity contribution in [1.82, 2.24) is 5.32 Å². The molecule has 2 N–H and O–H groups in total. The molecule has 0 aromatic heterocycles. The van der Waals surface area contributed by atoms with Crippen LogP contribution in [-0.4, -0.2) is 44.9 Å². The van der Waals surface area contributed by atoms with Gasteiger partial charge in [-0.1, -0.05) is 18.2 Å². The number of carbonyl (C=O) groups excluding carboxylic acids is 1. The van der Waals surface area contributed by atoms with Crippen LogP contribution in [0.1, 0.15) is 12.5 Å². The largest absolute Gasteiger partial charge is 0.454 e. The highest BCUT2D eigenvalue weighted by Gasteiger charge is 2.29. The molecule has 2 aliphatic heterocycles. The lowest BCUT2D eigenvalue weighted by Gasteiger charge is -2.36.